The second-order valence-corrected chi connectivity index (χ2v) is 6.31. The van der Waals surface area contributed by atoms with Gasteiger partial charge in [-0.2, -0.15) is 0 Å². The molecule has 2 heterocycles. The Bertz CT molecular complexity index is 454. The number of rotatable bonds is 0. The summed E-state index contributed by atoms with van der Waals surface area (Å²) in [5.74, 6) is -0.490. The summed E-state index contributed by atoms with van der Waals surface area (Å²) in [5.41, 5.74) is 0. The molecule has 0 aromatic carbocycles. The molecule has 4 atom stereocenters. The topological polar surface area (TPSA) is 90.5 Å². The van der Waals surface area contributed by atoms with Gasteiger partial charge in [0.25, 0.3) is 0 Å². The summed E-state index contributed by atoms with van der Waals surface area (Å²) in [6, 6.07) is -1.56. The number of nitrogens with one attached hydrogen (secondary N) is 3. The van der Waals surface area contributed by atoms with Crippen molar-refractivity contribution in [3.05, 3.63) is 0 Å². The monoisotopic (exact) mass is 310 g/mol. The van der Waals surface area contributed by atoms with Gasteiger partial charge in [-0.3, -0.25) is 14.4 Å². The van der Waals surface area contributed by atoms with Crippen LogP contribution in [0, 0.1) is 0 Å². The van der Waals surface area contributed by atoms with Crippen LogP contribution in [-0.2, 0) is 14.4 Å². The number of carbonyl (C=O) groups is 3. The summed E-state index contributed by atoms with van der Waals surface area (Å²) >= 11 is 0. The van der Waals surface area contributed by atoms with Crippen molar-refractivity contribution in [1.82, 2.24) is 20.9 Å². The molecule has 3 N–H and O–H groups in total. The second-order valence-electron chi connectivity index (χ2n) is 6.31. The van der Waals surface area contributed by atoms with Crippen LogP contribution in [0.15, 0.2) is 0 Å². The highest BCUT2D eigenvalue weighted by molar-refractivity contribution is 5.93. The number of carbonyl (C=O) groups excluding carboxylic acids is 3. The van der Waals surface area contributed by atoms with Gasteiger partial charge >= 0.3 is 0 Å². The third kappa shape index (κ3) is 3.76. The molecule has 7 heteroatoms. The lowest BCUT2D eigenvalue weighted by molar-refractivity contribution is -0.145. The van der Waals surface area contributed by atoms with E-state index in [0.29, 0.717) is 19.5 Å². The highest BCUT2D eigenvalue weighted by Gasteiger charge is 2.35. The van der Waals surface area contributed by atoms with Gasteiger partial charge in [-0.25, -0.2) is 0 Å². The quantitative estimate of drug-likeness (QED) is 0.555. The predicted octanol–water partition coefficient (Wildman–Crippen LogP) is -0.631. The van der Waals surface area contributed by atoms with E-state index in [1.807, 2.05) is 6.92 Å². The molecular formula is C15H26N4O3. The molecule has 0 spiro atoms. The van der Waals surface area contributed by atoms with E-state index in [9.17, 15) is 14.4 Å². The van der Waals surface area contributed by atoms with Gasteiger partial charge < -0.3 is 20.9 Å². The SMILES string of the molecule is C[C@@H]1NC[C@H](C)NC(=O)[C@H]2CCCCN2C(=O)[C@H](C)NC1=O. The van der Waals surface area contributed by atoms with E-state index in [1.165, 1.54) is 0 Å². The Morgan fingerprint density at radius 3 is 2.41 bits per heavy atom. The van der Waals surface area contributed by atoms with E-state index in [1.54, 1.807) is 18.7 Å². The zero-order valence-corrected chi connectivity index (χ0v) is 13.5. The average Bonchev–Trinajstić information content (AvgIpc) is 2.50. The normalized spacial score (nSPS) is 34.9. The van der Waals surface area contributed by atoms with Crippen LogP contribution in [0.25, 0.3) is 0 Å². The predicted molar refractivity (Wildman–Crippen MR) is 82.0 cm³/mol. The van der Waals surface area contributed by atoms with E-state index in [-0.39, 0.29) is 23.8 Å². The minimum Gasteiger partial charge on any atom is -0.351 e. The lowest BCUT2D eigenvalue weighted by Crippen LogP contribution is -2.60. The Hall–Kier alpha value is -1.63. The highest BCUT2D eigenvalue weighted by Crippen LogP contribution is 2.18. The largest absolute Gasteiger partial charge is 0.351 e. The van der Waals surface area contributed by atoms with Gasteiger partial charge in [-0.15, -0.1) is 0 Å². The van der Waals surface area contributed by atoms with Crippen LogP contribution in [0.4, 0.5) is 0 Å². The molecule has 0 saturated carbocycles. The van der Waals surface area contributed by atoms with Crippen molar-refractivity contribution >= 4 is 17.7 Å². The molecule has 0 aliphatic carbocycles. The van der Waals surface area contributed by atoms with Crippen LogP contribution in [0.5, 0.6) is 0 Å². The maximum atomic E-state index is 12.6. The minimum atomic E-state index is -0.623. The Morgan fingerprint density at radius 2 is 1.68 bits per heavy atom. The van der Waals surface area contributed by atoms with Gasteiger partial charge in [-0.05, 0) is 40.0 Å². The molecule has 2 fully saturated rings. The van der Waals surface area contributed by atoms with E-state index >= 15 is 0 Å². The Balaban J connectivity index is 2.21. The maximum Gasteiger partial charge on any atom is 0.245 e. The van der Waals surface area contributed by atoms with Crippen molar-refractivity contribution in [3.63, 3.8) is 0 Å². The van der Waals surface area contributed by atoms with E-state index in [2.05, 4.69) is 16.0 Å². The van der Waals surface area contributed by atoms with Crippen LogP contribution >= 0.6 is 0 Å². The molecule has 22 heavy (non-hydrogen) atoms. The first-order valence-electron chi connectivity index (χ1n) is 8.04. The van der Waals surface area contributed by atoms with Gasteiger partial charge in [0.2, 0.25) is 17.7 Å². The highest BCUT2D eigenvalue weighted by atomic mass is 16.2. The van der Waals surface area contributed by atoms with Crippen LogP contribution in [0.2, 0.25) is 0 Å². The minimum absolute atomic E-state index is 0.0986. The first-order chi connectivity index (χ1) is 10.4. The van der Waals surface area contributed by atoms with Crippen molar-refractivity contribution in [2.45, 2.75) is 64.2 Å². The Kier molecular flexibility index (Phi) is 5.39. The van der Waals surface area contributed by atoms with Crippen LogP contribution in [0.3, 0.4) is 0 Å². The lowest BCUT2D eigenvalue weighted by Gasteiger charge is -2.37. The Morgan fingerprint density at radius 1 is 0.955 bits per heavy atom. The summed E-state index contributed by atoms with van der Waals surface area (Å²) in [6.07, 6.45) is 2.50. The van der Waals surface area contributed by atoms with Gasteiger partial charge in [0.05, 0.1) is 6.04 Å². The van der Waals surface area contributed by atoms with Crippen molar-refractivity contribution in [2.24, 2.45) is 0 Å². The fourth-order valence-electron chi connectivity index (χ4n) is 2.95. The first kappa shape index (κ1) is 16.7. The van der Waals surface area contributed by atoms with Crippen molar-refractivity contribution in [2.75, 3.05) is 13.1 Å². The summed E-state index contributed by atoms with van der Waals surface area (Å²) in [7, 11) is 0. The van der Waals surface area contributed by atoms with Crippen molar-refractivity contribution < 1.29 is 14.4 Å². The standard InChI is InChI=1S/C15H26N4O3/c1-9-8-16-10(2)13(20)18-11(3)15(22)19-7-5-4-6-12(19)14(21)17-9/h9-12,16H,4-8H2,1-3H3,(H,17,21)(H,18,20)/t9-,10-,11-,12+/m0/s1. The van der Waals surface area contributed by atoms with E-state index < -0.39 is 18.1 Å². The van der Waals surface area contributed by atoms with E-state index in [0.717, 1.165) is 12.8 Å². The molecule has 0 radical (unpaired) electrons. The van der Waals surface area contributed by atoms with Crippen LogP contribution < -0.4 is 16.0 Å². The number of hydrogen-bond acceptors (Lipinski definition) is 4. The molecule has 0 aromatic heterocycles. The molecule has 2 aliphatic heterocycles. The zero-order chi connectivity index (χ0) is 16.3. The number of nitrogens with zero attached hydrogens (tertiary/aromatic N) is 1. The fraction of sp³-hybridized carbons (Fsp3) is 0.800. The molecule has 0 aromatic rings. The number of amides is 3. The molecule has 124 valence electrons. The number of piperidine rings is 1. The molecule has 2 rings (SSSR count). The third-order valence-electron chi connectivity index (χ3n) is 4.33. The molecule has 2 aliphatic rings. The van der Waals surface area contributed by atoms with Crippen LogP contribution in [0.1, 0.15) is 40.0 Å². The summed E-state index contributed by atoms with van der Waals surface area (Å²) in [5, 5.41) is 8.75. The second kappa shape index (κ2) is 7.09. The number of fused-ring (bicyclic) bond motifs is 1. The van der Waals surface area contributed by atoms with Gasteiger partial charge in [0.15, 0.2) is 0 Å². The molecule has 0 bridgehead atoms. The average molecular weight is 310 g/mol. The number of hydrogen-bond donors (Lipinski definition) is 3. The smallest absolute Gasteiger partial charge is 0.245 e. The van der Waals surface area contributed by atoms with Crippen LogP contribution in [-0.4, -0.2) is 59.9 Å². The summed E-state index contributed by atoms with van der Waals surface area (Å²) < 4.78 is 0. The molecule has 3 amide bonds. The van der Waals surface area contributed by atoms with Gasteiger partial charge in [-0.1, -0.05) is 0 Å². The fourth-order valence-corrected chi connectivity index (χ4v) is 2.95. The first-order valence-corrected chi connectivity index (χ1v) is 8.04. The zero-order valence-electron chi connectivity index (χ0n) is 13.5. The van der Waals surface area contributed by atoms with E-state index in [4.69, 9.17) is 0 Å². The van der Waals surface area contributed by atoms with Crippen molar-refractivity contribution in [1.29, 1.82) is 0 Å². The summed E-state index contributed by atoms with van der Waals surface area (Å²) in [6.45, 7) is 6.38. The summed E-state index contributed by atoms with van der Waals surface area (Å²) in [4.78, 5) is 38.7. The lowest BCUT2D eigenvalue weighted by atomic mass is 9.99. The molecule has 2 saturated heterocycles. The maximum absolute atomic E-state index is 12.6. The third-order valence-corrected chi connectivity index (χ3v) is 4.33. The van der Waals surface area contributed by atoms with Gasteiger partial charge in [0.1, 0.15) is 12.1 Å². The molecular weight excluding hydrogens is 284 g/mol. The van der Waals surface area contributed by atoms with Gasteiger partial charge in [0, 0.05) is 19.1 Å². The molecule has 7 nitrogen and oxygen atoms in total. The van der Waals surface area contributed by atoms with Crippen molar-refractivity contribution in [3.8, 4) is 0 Å². The Labute approximate surface area is 131 Å². The molecule has 0 unspecified atom stereocenters.